The normalized spacial score (nSPS) is 18.6. The molecule has 0 spiro atoms. The van der Waals surface area contributed by atoms with Crippen LogP contribution in [0.3, 0.4) is 0 Å². The van der Waals surface area contributed by atoms with Crippen molar-refractivity contribution in [2.24, 2.45) is 5.73 Å². The van der Waals surface area contributed by atoms with Crippen molar-refractivity contribution in [3.8, 4) is 0 Å². The zero-order valence-corrected chi connectivity index (χ0v) is 9.53. The highest BCUT2D eigenvalue weighted by atomic mass is 15.1. The van der Waals surface area contributed by atoms with Crippen LogP contribution >= 0.6 is 0 Å². The van der Waals surface area contributed by atoms with Crippen LogP contribution in [0.5, 0.6) is 0 Å². The summed E-state index contributed by atoms with van der Waals surface area (Å²) in [6, 6.07) is 6.45. The molecule has 1 heterocycles. The van der Waals surface area contributed by atoms with E-state index in [1.54, 1.807) is 0 Å². The highest BCUT2D eigenvalue weighted by Crippen LogP contribution is 2.38. The van der Waals surface area contributed by atoms with Gasteiger partial charge >= 0.3 is 0 Å². The van der Waals surface area contributed by atoms with Gasteiger partial charge in [0.15, 0.2) is 0 Å². The van der Waals surface area contributed by atoms with Gasteiger partial charge < -0.3 is 5.73 Å². The maximum atomic E-state index is 5.87. The number of H-pyrrole nitrogens is 1. The lowest BCUT2D eigenvalue weighted by Gasteiger charge is -2.24. The number of hydrogen-bond donors (Lipinski definition) is 2. The fraction of sp³-hybridized carbons (Fsp3) is 0.462. The Kier molecular flexibility index (Phi) is 2.21. The zero-order chi connectivity index (χ0) is 11.1. The lowest BCUT2D eigenvalue weighted by Crippen LogP contribution is -2.09. The molecule has 0 aliphatic heterocycles. The maximum absolute atomic E-state index is 5.87. The number of rotatable bonds is 2. The Labute approximate surface area is 95.0 Å². The van der Waals surface area contributed by atoms with Crippen molar-refractivity contribution in [2.45, 2.75) is 38.1 Å². The molecule has 84 valence electrons. The number of nitrogens with zero attached hydrogens (tertiary/aromatic N) is 1. The molecule has 1 aromatic carbocycles. The van der Waals surface area contributed by atoms with Crippen molar-refractivity contribution in [1.29, 1.82) is 0 Å². The molecule has 2 aromatic rings. The van der Waals surface area contributed by atoms with E-state index in [0.29, 0.717) is 5.92 Å². The molecule has 1 saturated carbocycles. The van der Waals surface area contributed by atoms with Gasteiger partial charge in [0, 0.05) is 23.0 Å². The third-order valence-corrected chi connectivity index (χ3v) is 3.65. The summed E-state index contributed by atoms with van der Waals surface area (Å²) in [5.41, 5.74) is 9.39. The van der Waals surface area contributed by atoms with Gasteiger partial charge in [0.05, 0.1) is 5.52 Å². The molecular formula is C13H17N3. The van der Waals surface area contributed by atoms with Crippen molar-refractivity contribution in [2.75, 3.05) is 0 Å². The lowest BCUT2D eigenvalue weighted by atomic mass is 9.82. The molecular weight excluding hydrogens is 198 g/mol. The van der Waals surface area contributed by atoms with E-state index in [9.17, 15) is 0 Å². The van der Waals surface area contributed by atoms with Gasteiger partial charge in [0.2, 0.25) is 0 Å². The van der Waals surface area contributed by atoms with Crippen LogP contribution in [0.2, 0.25) is 0 Å². The Balaban J connectivity index is 2.07. The minimum Gasteiger partial charge on any atom is -0.324 e. The van der Waals surface area contributed by atoms with E-state index in [1.165, 1.54) is 30.3 Å². The number of nitrogens with one attached hydrogen (secondary N) is 1. The summed E-state index contributed by atoms with van der Waals surface area (Å²) in [6.45, 7) is 2.00. The topological polar surface area (TPSA) is 54.7 Å². The molecule has 0 saturated heterocycles. The minimum atomic E-state index is 0.0771. The second kappa shape index (κ2) is 3.59. The van der Waals surface area contributed by atoms with Gasteiger partial charge in [-0.2, -0.15) is 5.10 Å². The lowest BCUT2D eigenvalue weighted by molar-refractivity contribution is 0.413. The van der Waals surface area contributed by atoms with E-state index >= 15 is 0 Å². The van der Waals surface area contributed by atoms with Gasteiger partial charge in [0.25, 0.3) is 0 Å². The van der Waals surface area contributed by atoms with Gasteiger partial charge in [0.1, 0.15) is 0 Å². The number of benzene rings is 1. The molecule has 1 aromatic heterocycles. The molecule has 16 heavy (non-hydrogen) atoms. The highest BCUT2D eigenvalue weighted by Gasteiger charge is 2.23. The van der Waals surface area contributed by atoms with Gasteiger partial charge in [-0.15, -0.1) is 0 Å². The summed E-state index contributed by atoms with van der Waals surface area (Å²) in [5, 5.41) is 8.85. The van der Waals surface area contributed by atoms with E-state index in [1.807, 2.05) is 6.92 Å². The first-order chi connectivity index (χ1) is 7.75. The average molecular weight is 215 g/mol. The summed E-state index contributed by atoms with van der Waals surface area (Å²) >= 11 is 0. The molecule has 1 fully saturated rings. The second-order valence-corrected chi connectivity index (χ2v) is 4.83. The monoisotopic (exact) mass is 215 g/mol. The molecule has 3 heteroatoms. The van der Waals surface area contributed by atoms with Crippen molar-refractivity contribution in [3.05, 3.63) is 29.5 Å². The first-order valence-electron chi connectivity index (χ1n) is 5.99. The standard InChI is InChI=1S/C13H17N3/c1-8(14)10-5-6-11-12(7-10)15-16-13(11)9-3-2-4-9/h5-9H,2-4,14H2,1H3,(H,15,16). The molecule has 1 aliphatic carbocycles. The number of nitrogens with two attached hydrogens (primary N) is 1. The maximum Gasteiger partial charge on any atom is 0.0927 e. The van der Waals surface area contributed by atoms with Crippen LogP contribution in [-0.2, 0) is 0 Å². The van der Waals surface area contributed by atoms with Crippen LogP contribution in [0.4, 0.5) is 0 Å². The van der Waals surface area contributed by atoms with E-state index in [4.69, 9.17) is 5.73 Å². The van der Waals surface area contributed by atoms with Gasteiger partial charge in [-0.05, 0) is 31.4 Å². The first kappa shape index (κ1) is 9.85. The van der Waals surface area contributed by atoms with E-state index in [-0.39, 0.29) is 6.04 Å². The highest BCUT2D eigenvalue weighted by molar-refractivity contribution is 5.82. The molecule has 3 rings (SSSR count). The van der Waals surface area contributed by atoms with Crippen LogP contribution in [-0.4, -0.2) is 10.2 Å². The molecule has 0 bridgehead atoms. The Morgan fingerprint density at radius 1 is 1.44 bits per heavy atom. The van der Waals surface area contributed by atoms with Crippen LogP contribution in [0.25, 0.3) is 10.9 Å². The first-order valence-corrected chi connectivity index (χ1v) is 5.99. The third kappa shape index (κ3) is 1.43. The van der Waals surface area contributed by atoms with Gasteiger partial charge in [-0.3, -0.25) is 5.10 Å². The van der Waals surface area contributed by atoms with Crippen molar-refractivity contribution >= 4 is 10.9 Å². The molecule has 1 atom stereocenters. The average Bonchev–Trinajstić information content (AvgIpc) is 2.59. The number of fused-ring (bicyclic) bond motifs is 1. The van der Waals surface area contributed by atoms with E-state index in [0.717, 1.165) is 11.1 Å². The summed E-state index contributed by atoms with van der Waals surface area (Å²) in [7, 11) is 0. The number of aromatic amines is 1. The van der Waals surface area contributed by atoms with Gasteiger partial charge in [-0.25, -0.2) is 0 Å². The van der Waals surface area contributed by atoms with Crippen LogP contribution in [0.1, 0.15) is 49.4 Å². The van der Waals surface area contributed by atoms with Gasteiger partial charge in [-0.1, -0.05) is 18.6 Å². The van der Waals surface area contributed by atoms with Crippen molar-refractivity contribution < 1.29 is 0 Å². The Hall–Kier alpha value is -1.35. The van der Waals surface area contributed by atoms with Crippen molar-refractivity contribution in [1.82, 2.24) is 10.2 Å². The quantitative estimate of drug-likeness (QED) is 0.809. The number of hydrogen-bond acceptors (Lipinski definition) is 2. The molecule has 1 unspecified atom stereocenters. The van der Waals surface area contributed by atoms with Crippen LogP contribution in [0.15, 0.2) is 18.2 Å². The smallest absolute Gasteiger partial charge is 0.0927 e. The molecule has 3 N–H and O–H groups in total. The molecule has 3 nitrogen and oxygen atoms in total. The molecule has 1 aliphatic rings. The van der Waals surface area contributed by atoms with Crippen LogP contribution in [0, 0.1) is 0 Å². The zero-order valence-electron chi connectivity index (χ0n) is 9.53. The SMILES string of the molecule is CC(N)c1ccc2c(C3CCC3)[nH]nc2c1. The van der Waals surface area contributed by atoms with E-state index < -0.39 is 0 Å². The predicted molar refractivity (Wildman–Crippen MR) is 65.3 cm³/mol. The Morgan fingerprint density at radius 2 is 2.25 bits per heavy atom. The fourth-order valence-electron chi connectivity index (χ4n) is 2.34. The largest absolute Gasteiger partial charge is 0.324 e. The Bertz CT molecular complexity index is 509. The van der Waals surface area contributed by atoms with E-state index in [2.05, 4.69) is 28.4 Å². The Morgan fingerprint density at radius 3 is 2.88 bits per heavy atom. The summed E-state index contributed by atoms with van der Waals surface area (Å²) in [5.74, 6) is 0.700. The second-order valence-electron chi connectivity index (χ2n) is 4.83. The minimum absolute atomic E-state index is 0.0771. The molecule has 0 radical (unpaired) electrons. The summed E-state index contributed by atoms with van der Waals surface area (Å²) in [4.78, 5) is 0. The van der Waals surface area contributed by atoms with Crippen molar-refractivity contribution in [3.63, 3.8) is 0 Å². The summed E-state index contributed by atoms with van der Waals surface area (Å²) in [6.07, 6.45) is 3.95. The number of aromatic nitrogens is 2. The van der Waals surface area contributed by atoms with Crippen LogP contribution < -0.4 is 5.73 Å². The fourth-order valence-corrected chi connectivity index (χ4v) is 2.34. The molecule has 0 amide bonds. The summed E-state index contributed by atoms with van der Waals surface area (Å²) < 4.78 is 0. The predicted octanol–water partition coefficient (Wildman–Crippen LogP) is 2.85. The third-order valence-electron chi connectivity index (χ3n) is 3.65.